The topological polar surface area (TPSA) is 37.8 Å². The highest BCUT2D eigenvalue weighted by atomic mass is 32.2. The molecule has 3 aromatic rings. The first-order valence-corrected chi connectivity index (χ1v) is 8.57. The molecule has 0 spiro atoms. The summed E-state index contributed by atoms with van der Waals surface area (Å²) < 4.78 is 3.31. The molecule has 0 saturated heterocycles. The van der Waals surface area contributed by atoms with Crippen molar-refractivity contribution in [3.8, 4) is 0 Å². The maximum atomic E-state index is 4.35. The number of nitrogens with one attached hydrogen (secondary N) is 1. The lowest BCUT2D eigenvalue weighted by molar-refractivity contribution is 1.03. The Balaban J connectivity index is 1.58. The zero-order chi connectivity index (χ0) is 15.9. The summed E-state index contributed by atoms with van der Waals surface area (Å²) in [5.41, 5.74) is 4.92. The van der Waals surface area contributed by atoms with Crippen molar-refractivity contribution in [1.82, 2.24) is 9.97 Å². The zero-order valence-corrected chi connectivity index (χ0v) is 13.9. The van der Waals surface area contributed by atoms with Crippen LogP contribution in [-0.4, -0.2) is 9.97 Å². The molecule has 1 aromatic heterocycles. The number of aryl methyl sites for hydroxylation is 1. The summed E-state index contributed by atoms with van der Waals surface area (Å²) in [7, 11) is 0. The predicted molar refractivity (Wildman–Crippen MR) is 97.4 cm³/mol. The summed E-state index contributed by atoms with van der Waals surface area (Å²) in [4.78, 5) is 8.65. The Morgan fingerprint density at radius 2 is 1.74 bits per heavy atom. The van der Waals surface area contributed by atoms with Crippen molar-refractivity contribution in [2.75, 3.05) is 4.72 Å². The van der Waals surface area contributed by atoms with Gasteiger partial charge in [0.05, 0.1) is 5.69 Å². The molecule has 1 heterocycles. The second kappa shape index (κ2) is 7.79. The Kier molecular flexibility index (Phi) is 5.27. The molecule has 0 bridgehead atoms. The Morgan fingerprint density at radius 3 is 2.57 bits per heavy atom. The van der Waals surface area contributed by atoms with E-state index in [4.69, 9.17) is 0 Å². The van der Waals surface area contributed by atoms with Crippen LogP contribution >= 0.6 is 11.9 Å². The van der Waals surface area contributed by atoms with E-state index in [0.29, 0.717) is 0 Å². The van der Waals surface area contributed by atoms with Crippen molar-refractivity contribution in [1.29, 1.82) is 0 Å². The first kappa shape index (κ1) is 15.6. The maximum absolute atomic E-state index is 4.35. The summed E-state index contributed by atoms with van der Waals surface area (Å²) in [5, 5.41) is 0. The summed E-state index contributed by atoms with van der Waals surface area (Å²) in [6.45, 7) is 2.14. The van der Waals surface area contributed by atoms with Gasteiger partial charge in [0.2, 0.25) is 0 Å². The molecule has 23 heavy (non-hydrogen) atoms. The molecular formula is C19H19N3S. The third-order valence-electron chi connectivity index (χ3n) is 3.62. The number of rotatable bonds is 6. The average molecular weight is 321 g/mol. The molecule has 0 fully saturated rings. The number of benzene rings is 2. The zero-order valence-electron chi connectivity index (χ0n) is 13.1. The lowest BCUT2D eigenvalue weighted by atomic mass is 10.1. The van der Waals surface area contributed by atoms with Crippen LogP contribution in [0.4, 0.5) is 5.82 Å². The van der Waals surface area contributed by atoms with Gasteiger partial charge in [-0.1, -0.05) is 54.6 Å². The van der Waals surface area contributed by atoms with Gasteiger partial charge in [0.1, 0.15) is 12.1 Å². The third kappa shape index (κ3) is 4.57. The van der Waals surface area contributed by atoms with Gasteiger partial charge in [0.15, 0.2) is 0 Å². The molecule has 1 N–H and O–H groups in total. The molecule has 4 heteroatoms. The van der Waals surface area contributed by atoms with Crippen LogP contribution in [0, 0.1) is 6.92 Å². The lowest BCUT2D eigenvalue weighted by Gasteiger charge is -2.08. The molecule has 3 nitrogen and oxygen atoms in total. The van der Waals surface area contributed by atoms with E-state index < -0.39 is 0 Å². The molecule has 0 aliphatic carbocycles. The van der Waals surface area contributed by atoms with Gasteiger partial charge < -0.3 is 4.72 Å². The Bertz CT molecular complexity index is 759. The molecule has 3 rings (SSSR count). The van der Waals surface area contributed by atoms with Crippen molar-refractivity contribution in [3.63, 3.8) is 0 Å². The fourth-order valence-corrected chi connectivity index (χ4v) is 3.13. The van der Waals surface area contributed by atoms with Crippen LogP contribution < -0.4 is 4.72 Å². The summed E-state index contributed by atoms with van der Waals surface area (Å²) >= 11 is 1.65. The van der Waals surface area contributed by atoms with Gasteiger partial charge in [-0.05, 0) is 35.6 Å². The monoisotopic (exact) mass is 321 g/mol. The van der Waals surface area contributed by atoms with Gasteiger partial charge >= 0.3 is 0 Å². The normalized spacial score (nSPS) is 10.5. The van der Waals surface area contributed by atoms with E-state index in [0.717, 1.165) is 23.7 Å². The standard InChI is InChI=1S/C19H19N3S/c1-15-7-5-6-10-17(15)13-23-22-19-12-18(20-14-21-19)11-16-8-3-2-4-9-16/h2-10,12,14H,11,13H2,1H3,(H,20,21,22). The summed E-state index contributed by atoms with van der Waals surface area (Å²) in [5.74, 6) is 1.76. The van der Waals surface area contributed by atoms with Gasteiger partial charge in [-0.15, -0.1) is 0 Å². The number of anilines is 1. The van der Waals surface area contributed by atoms with E-state index in [-0.39, 0.29) is 0 Å². The van der Waals surface area contributed by atoms with Crippen molar-refractivity contribution in [3.05, 3.63) is 89.4 Å². The van der Waals surface area contributed by atoms with Crippen molar-refractivity contribution < 1.29 is 0 Å². The van der Waals surface area contributed by atoms with E-state index in [1.54, 1.807) is 18.3 Å². The fraction of sp³-hybridized carbons (Fsp3) is 0.158. The fourth-order valence-electron chi connectivity index (χ4n) is 2.31. The van der Waals surface area contributed by atoms with Gasteiger partial charge in [0.25, 0.3) is 0 Å². The molecule has 0 amide bonds. The van der Waals surface area contributed by atoms with Gasteiger partial charge in [-0.3, -0.25) is 0 Å². The van der Waals surface area contributed by atoms with E-state index in [2.05, 4.69) is 58.0 Å². The molecule has 116 valence electrons. The summed E-state index contributed by atoms with van der Waals surface area (Å²) in [6, 6.07) is 20.8. The maximum Gasteiger partial charge on any atom is 0.139 e. The highest BCUT2D eigenvalue weighted by Crippen LogP contribution is 2.18. The van der Waals surface area contributed by atoms with Gasteiger partial charge in [-0.25, -0.2) is 9.97 Å². The smallest absolute Gasteiger partial charge is 0.139 e. The lowest BCUT2D eigenvalue weighted by Crippen LogP contribution is -1.98. The van der Waals surface area contributed by atoms with E-state index in [1.165, 1.54) is 16.7 Å². The molecular weight excluding hydrogens is 302 g/mol. The molecule has 0 atom stereocenters. The molecule has 0 aliphatic heterocycles. The van der Waals surface area contributed by atoms with Crippen LogP contribution in [0.5, 0.6) is 0 Å². The van der Waals surface area contributed by atoms with Crippen molar-refractivity contribution in [2.45, 2.75) is 19.1 Å². The highest BCUT2D eigenvalue weighted by Gasteiger charge is 2.02. The minimum atomic E-state index is 0.820. The van der Waals surface area contributed by atoms with Gasteiger partial charge in [0, 0.05) is 18.2 Å². The van der Waals surface area contributed by atoms with Crippen LogP contribution in [0.25, 0.3) is 0 Å². The van der Waals surface area contributed by atoms with E-state index in [1.807, 2.05) is 24.3 Å². The van der Waals surface area contributed by atoms with Crippen molar-refractivity contribution in [2.24, 2.45) is 0 Å². The molecule has 0 radical (unpaired) electrons. The average Bonchev–Trinajstić information content (AvgIpc) is 2.58. The molecule has 0 saturated carbocycles. The number of hydrogen-bond acceptors (Lipinski definition) is 4. The Labute approximate surface area is 141 Å². The minimum Gasteiger partial charge on any atom is -0.314 e. The van der Waals surface area contributed by atoms with Crippen LogP contribution in [0.15, 0.2) is 67.0 Å². The van der Waals surface area contributed by atoms with E-state index in [9.17, 15) is 0 Å². The van der Waals surface area contributed by atoms with Crippen molar-refractivity contribution >= 4 is 17.8 Å². The van der Waals surface area contributed by atoms with Crippen LogP contribution in [0.2, 0.25) is 0 Å². The quantitative estimate of drug-likeness (QED) is 0.671. The largest absolute Gasteiger partial charge is 0.314 e. The number of nitrogens with zero attached hydrogens (tertiary/aromatic N) is 2. The molecule has 0 unspecified atom stereocenters. The van der Waals surface area contributed by atoms with Crippen LogP contribution in [-0.2, 0) is 12.2 Å². The van der Waals surface area contributed by atoms with Crippen LogP contribution in [0.3, 0.4) is 0 Å². The number of hydrogen-bond donors (Lipinski definition) is 1. The SMILES string of the molecule is Cc1ccccc1CSNc1cc(Cc2ccccc2)ncn1. The minimum absolute atomic E-state index is 0.820. The third-order valence-corrected chi connectivity index (χ3v) is 4.43. The highest BCUT2D eigenvalue weighted by molar-refractivity contribution is 7.99. The predicted octanol–water partition coefficient (Wildman–Crippen LogP) is 4.64. The van der Waals surface area contributed by atoms with Gasteiger partial charge in [-0.2, -0.15) is 0 Å². The van der Waals surface area contributed by atoms with Crippen LogP contribution in [0.1, 0.15) is 22.4 Å². The number of aromatic nitrogens is 2. The second-order valence-electron chi connectivity index (χ2n) is 5.37. The first-order valence-electron chi connectivity index (χ1n) is 7.58. The Morgan fingerprint density at radius 1 is 0.957 bits per heavy atom. The Hall–Kier alpha value is -2.33. The van der Waals surface area contributed by atoms with E-state index >= 15 is 0 Å². The second-order valence-corrected chi connectivity index (χ2v) is 6.16. The first-order chi connectivity index (χ1) is 11.3. The summed E-state index contributed by atoms with van der Waals surface area (Å²) in [6.07, 6.45) is 2.44. The molecule has 0 aliphatic rings. The molecule has 2 aromatic carbocycles.